The van der Waals surface area contributed by atoms with Crippen LogP contribution < -0.4 is 0 Å². The van der Waals surface area contributed by atoms with E-state index in [0.717, 1.165) is 18.4 Å². The summed E-state index contributed by atoms with van der Waals surface area (Å²) in [6.07, 6.45) is 2.31. The Labute approximate surface area is 74.6 Å². The molecule has 0 bridgehead atoms. The van der Waals surface area contributed by atoms with E-state index in [0.29, 0.717) is 13.0 Å². The topological polar surface area (TPSA) is 26.3 Å². The van der Waals surface area contributed by atoms with Crippen LogP contribution in [0.2, 0.25) is 0 Å². The average Bonchev–Trinajstić information content (AvgIpc) is 2.05. The van der Waals surface area contributed by atoms with E-state index < -0.39 is 0 Å². The molecule has 0 fully saturated rings. The SMILES string of the molecule is C=C(CC)CC(=O)COCCC. The standard InChI is InChI=1S/C10H18O2/c1-4-6-12-8-10(11)7-9(3)5-2/h3-8H2,1-2H3. The molecular weight excluding hydrogens is 152 g/mol. The van der Waals surface area contributed by atoms with E-state index in [-0.39, 0.29) is 12.4 Å². The van der Waals surface area contributed by atoms with Crippen LogP contribution in [0.4, 0.5) is 0 Å². The molecule has 0 unspecified atom stereocenters. The van der Waals surface area contributed by atoms with Crippen LogP contribution in [0.15, 0.2) is 12.2 Å². The molecule has 0 aromatic rings. The summed E-state index contributed by atoms with van der Waals surface area (Å²) in [5.74, 6) is 0.135. The lowest BCUT2D eigenvalue weighted by Gasteiger charge is -2.02. The van der Waals surface area contributed by atoms with Gasteiger partial charge in [-0.3, -0.25) is 4.79 Å². The molecule has 0 saturated heterocycles. The molecule has 0 amide bonds. The average molecular weight is 170 g/mol. The van der Waals surface area contributed by atoms with Crippen LogP contribution in [0.3, 0.4) is 0 Å². The minimum Gasteiger partial charge on any atom is -0.374 e. The zero-order valence-electron chi connectivity index (χ0n) is 8.06. The number of carbonyl (C=O) groups is 1. The molecule has 12 heavy (non-hydrogen) atoms. The molecule has 0 aromatic carbocycles. The second-order valence-corrected chi connectivity index (χ2v) is 2.87. The van der Waals surface area contributed by atoms with E-state index >= 15 is 0 Å². The Hall–Kier alpha value is -0.630. The highest BCUT2D eigenvalue weighted by molar-refractivity contribution is 5.81. The van der Waals surface area contributed by atoms with Gasteiger partial charge in [0.1, 0.15) is 6.61 Å². The van der Waals surface area contributed by atoms with Gasteiger partial charge in [-0.15, -0.1) is 0 Å². The molecular formula is C10H18O2. The van der Waals surface area contributed by atoms with Crippen LogP contribution >= 0.6 is 0 Å². The Balaban J connectivity index is 3.40. The van der Waals surface area contributed by atoms with Gasteiger partial charge in [0.2, 0.25) is 0 Å². The summed E-state index contributed by atoms with van der Waals surface area (Å²) in [5, 5.41) is 0. The maximum absolute atomic E-state index is 11.1. The van der Waals surface area contributed by atoms with Crippen molar-refractivity contribution in [2.45, 2.75) is 33.1 Å². The first-order chi connectivity index (χ1) is 5.70. The van der Waals surface area contributed by atoms with Crippen molar-refractivity contribution >= 4 is 5.78 Å². The molecule has 2 nitrogen and oxygen atoms in total. The molecule has 0 aliphatic rings. The first-order valence-corrected chi connectivity index (χ1v) is 4.46. The maximum atomic E-state index is 11.1. The first-order valence-electron chi connectivity index (χ1n) is 4.46. The Kier molecular flexibility index (Phi) is 6.67. The Morgan fingerprint density at radius 3 is 2.58 bits per heavy atom. The molecule has 0 heterocycles. The normalized spacial score (nSPS) is 9.83. The highest BCUT2D eigenvalue weighted by Crippen LogP contribution is 2.03. The number of ketones is 1. The van der Waals surface area contributed by atoms with Crippen LogP contribution in [-0.2, 0) is 9.53 Å². The summed E-state index contributed by atoms with van der Waals surface area (Å²) >= 11 is 0. The summed E-state index contributed by atoms with van der Waals surface area (Å²) in [7, 11) is 0. The minimum atomic E-state index is 0.135. The fourth-order valence-corrected chi connectivity index (χ4v) is 0.785. The molecule has 70 valence electrons. The third kappa shape index (κ3) is 6.10. The van der Waals surface area contributed by atoms with Crippen molar-refractivity contribution in [2.24, 2.45) is 0 Å². The molecule has 0 radical (unpaired) electrons. The van der Waals surface area contributed by atoms with Crippen molar-refractivity contribution in [3.8, 4) is 0 Å². The Morgan fingerprint density at radius 2 is 2.08 bits per heavy atom. The van der Waals surface area contributed by atoms with Gasteiger partial charge in [-0.25, -0.2) is 0 Å². The van der Waals surface area contributed by atoms with Crippen molar-refractivity contribution in [3.05, 3.63) is 12.2 Å². The number of Topliss-reactive ketones (excluding diaryl/α,β-unsaturated/α-hetero) is 1. The van der Waals surface area contributed by atoms with E-state index in [4.69, 9.17) is 4.74 Å². The lowest BCUT2D eigenvalue weighted by Crippen LogP contribution is -2.09. The molecule has 0 rings (SSSR count). The van der Waals surface area contributed by atoms with Gasteiger partial charge in [-0.05, 0) is 12.8 Å². The van der Waals surface area contributed by atoms with Crippen LogP contribution in [0.5, 0.6) is 0 Å². The van der Waals surface area contributed by atoms with E-state index in [1.165, 1.54) is 0 Å². The van der Waals surface area contributed by atoms with Gasteiger partial charge >= 0.3 is 0 Å². The van der Waals surface area contributed by atoms with Crippen molar-refractivity contribution < 1.29 is 9.53 Å². The number of carbonyl (C=O) groups excluding carboxylic acids is 1. The van der Waals surface area contributed by atoms with Gasteiger partial charge < -0.3 is 4.74 Å². The van der Waals surface area contributed by atoms with E-state index in [2.05, 4.69) is 6.58 Å². The smallest absolute Gasteiger partial charge is 0.162 e. The van der Waals surface area contributed by atoms with Gasteiger partial charge in [0.15, 0.2) is 5.78 Å². The fourth-order valence-electron chi connectivity index (χ4n) is 0.785. The number of allylic oxidation sites excluding steroid dienone is 1. The van der Waals surface area contributed by atoms with E-state index in [9.17, 15) is 4.79 Å². The quantitative estimate of drug-likeness (QED) is 0.433. The zero-order valence-corrected chi connectivity index (χ0v) is 8.06. The molecule has 2 heteroatoms. The van der Waals surface area contributed by atoms with Crippen LogP contribution in [0.25, 0.3) is 0 Å². The third-order valence-electron chi connectivity index (χ3n) is 1.56. The van der Waals surface area contributed by atoms with Crippen LogP contribution in [-0.4, -0.2) is 19.0 Å². The fraction of sp³-hybridized carbons (Fsp3) is 0.700. The second kappa shape index (κ2) is 7.04. The van der Waals surface area contributed by atoms with Gasteiger partial charge in [-0.2, -0.15) is 0 Å². The van der Waals surface area contributed by atoms with Crippen molar-refractivity contribution in [1.29, 1.82) is 0 Å². The lowest BCUT2D eigenvalue weighted by molar-refractivity contribution is -0.122. The number of hydrogen-bond donors (Lipinski definition) is 0. The number of ether oxygens (including phenoxy) is 1. The number of rotatable bonds is 7. The summed E-state index contributed by atoms with van der Waals surface area (Å²) in [5.41, 5.74) is 0.986. The predicted molar refractivity (Wildman–Crippen MR) is 50.2 cm³/mol. The third-order valence-corrected chi connectivity index (χ3v) is 1.56. The Bertz CT molecular complexity index is 150. The zero-order chi connectivity index (χ0) is 9.40. The van der Waals surface area contributed by atoms with E-state index in [1.54, 1.807) is 0 Å². The van der Waals surface area contributed by atoms with Crippen molar-refractivity contribution in [1.82, 2.24) is 0 Å². The lowest BCUT2D eigenvalue weighted by atomic mass is 10.1. The summed E-state index contributed by atoms with van der Waals surface area (Å²) in [6, 6.07) is 0. The highest BCUT2D eigenvalue weighted by Gasteiger charge is 2.02. The summed E-state index contributed by atoms with van der Waals surface area (Å²) < 4.78 is 5.10. The largest absolute Gasteiger partial charge is 0.374 e. The summed E-state index contributed by atoms with van der Waals surface area (Å²) in [4.78, 5) is 11.1. The highest BCUT2D eigenvalue weighted by atomic mass is 16.5. The van der Waals surface area contributed by atoms with Gasteiger partial charge in [0.25, 0.3) is 0 Å². The van der Waals surface area contributed by atoms with Crippen molar-refractivity contribution in [3.63, 3.8) is 0 Å². The Morgan fingerprint density at radius 1 is 1.42 bits per heavy atom. The first kappa shape index (κ1) is 11.4. The van der Waals surface area contributed by atoms with Crippen LogP contribution in [0.1, 0.15) is 33.1 Å². The predicted octanol–water partition coefficient (Wildman–Crippen LogP) is 2.34. The monoisotopic (exact) mass is 170 g/mol. The molecule has 0 spiro atoms. The maximum Gasteiger partial charge on any atom is 0.162 e. The van der Waals surface area contributed by atoms with Gasteiger partial charge in [0.05, 0.1) is 0 Å². The molecule has 0 aliphatic heterocycles. The summed E-state index contributed by atoms with van der Waals surface area (Å²) in [6.45, 7) is 8.70. The number of hydrogen-bond acceptors (Lipinski definition) is 2. The van der Waals surface area contributed by atoms with Crippen molar-refractivity contribution in [2.75, 3.05) is 13.2 Å². The second-order valence-electron chi connectivity index (χ2n) is 2.87. The molecule has 0 saturated carbocycles. The van der Waals surface area contributed by atoms with Crippen LogP contribution in [0, 0.1) is 0 Å². The van der Waals surface area contributed by atoms with Gasteiger partial charge in [-0.1, -0.05) is 26.0 Å². The van der Waals surface area contributed by atoms with Gasteiger partial charge in [0, 0.05) is 13.0 Å². The minimum absolute atomic E-state index is 0.135. The molecule has 0 atom stereocenters. The molecule has 0 aliphatic carbocycles. The molecule has 0 N–H and O–H groups in total. The molecule has 0 aromatic heterocycles. The van der Waals surface area contributed by atoms with E-state index in [1.807, 2.05) is 13.8 Å².